The lowest BCUT2D eigenvalue weighted by atomic mass is 10.2. The molecule has 0 bridgehead atoms. The number of rotatable bonds is 1. The number of nitrogens with one attached hydrogen (secondary N) is 1. The second-order valence-corrected chi connectivity index (χ2v) is 3.18. The van der Waals surface area contributed by atoms with Crippen LogP contribution in [0.5, 0.6) is 0 Å². The van der Waals surface area contributed by atoms with E-state index in [1.54, 1.807) is 0 Å². The summed E-state index contributed by atoms with van der Waals surface area (Å²) in [6.45, 7) is 1.52. The molecule has 0 aliphatic heterocycles. The van der Waals surface area contributed by atoms with Crippen LogP contribution in [0.3, 0.4) is 0 Å². The van der Waals surface area contributed by atoms with Gasteiger partial charge in [-0.1, -0.05) is 0 Å². The van der Waals surface area contributed by atoms with Gasteiger partial charge in [-0.15, -0.1) is 0 Å². The molecule has 84 valence electrons. The van der Waals surface area contributed by atoms with Gasteiger partial charge in [0, 0.05) is 23.7 Å². The Bertz CT molecular complexity index is 489. The minimum atomic E-state index is -4.47. The van der Waals surface area contributed by atoms with Gasteiger partial charge in [0.1, 0.15) is 6.33 Å². The zero-order valence-electron chi connectivity index (χ0n) is 8.21. The highest BCUT2D eigenvalue weighted by Gasteiger charge is 2.35. The summed E-state index contributed by atoms with van der Waals surface area (Å²) < 4.78 is 37.1. The molecule has 2 rings (SSSR count). The van der Waals surface area contributed by atoms with E-state index in [4.69, 9.17) is 0 Å². The van der Waals surface area contributed by atoms with Crippen molar-refractivity contribution in [1.82, 2.24) is 19.9 Å². The highest BCUT2D eigenvalue weighted by molar-refractivity contribution is 5.59. The first-order valence-corrected chi connectivity index (χ1v) is 4.37. The van der Waals surface area contributed by atoms with Crippen LogP contribution in [-0.4, -0.2) is 19.9 Å². The molecule has 0 radical (unpaired) electrons. The van der Waals surface area contributed by atoms with Gasteiger partial charge < -0.3 is 4.98 Å². The molecule has 0 unspecified atom stereocenters. The van der Waals surface area contributed by atoms with Gasteiger partial charge in [-0.25, -0.2) is 15.0 Å². The number of aromatic nitrogens is 4. The highest BCUT2D eigenvalue weighted by Crippen LogP contribution is 2.30. The smallest absolute Gasteiger partial charge is 0.338 e. The molecule has 0 saturated heterocycles. The van der Waals surface area contributed by atoms with E-state index in [0.717, 1.165) is 0 Å². The van der Waals surface area contributed by atoms with E-state index in [-0.39, 0.29) is 5.69 Å². The number of H-pyrrole nitrogens is 1. The number of imidazole rings is 1. The third-order valence-corrected chi connectivity index (χ3v) is 1.99. The third kappa shape index (κ3) is 1.88. The van der Waals surface area contributed by atoms with Crippen LogP contribution in [0.15, 0.2) is 18.7 Å². The van der Waals surface area contributed by atoms with E-state index < -0.39 is 12.0 Å². The van der Waals surface area contributed by atoms with E-state index in [1.807, 2.05) is 0 Å². The van der Waals surface area contributed by atoms with Crippen molar-refractivity contribution in [2.75, 3.05) is 0 Å². The number of halogens is 3. The van der Waals surface area contributed by atoms with Crippen LogP contribution >= 0.6 is 0 Å². The van der Waals surface area contributed by atoms with Crippen LogP contribution in [0.25, 0.3) is 11.3 Å². The molecule has 0 spiro atoms. The normalized spacial score (nSPS) is 11.8. The number of hydrogen-bond donors (Lipinski definition) is 1. The van der Waals surface area contributed by atoms with Gasteiger partial charge in [0.05, 0.1) is 5.69 Å². The van der Waals surface area contributed by atoms with E-state index >= 15 is 0 Å². The van der Waals surface area contributed by atoms with Crippen LogP contribution in [-0.2, 0) is 6.18 Å². The Morgan fingerprint density at radius 2 is 1.81 bits per heavy atom. The topological polar surface area (TPSA) is 54.5 Å². The summed E-state index contributed by atoms with van der Waals surface area (Å²) in [5.74, 6) is -1.01. The van der Waals surface area contributed by atoms with E-state index in [1.165, 1.54) is 25.6 Å². The number of nitrogens with zero attached hydrogens (tertiary/aromatic N) is 3. The Balaban J connectivity index is 2.48. The van der Waals surface area contributed by atoms with Crippen molar-refractivity contribution >= 4 is 0 Å². The lowest BCUT2D eigenvalue weighted by Gasteiger charge is -1.99. The lowest BCUT2D eigenvalue weighted by molar-refractivity contribution is -0.144. The average molecular weight is 228 g/mol. The van der Waals surface area contributed by atoms with Crippen LogP contribution in [0.1, 0.15) is 11.5 Å². The zero-order valence-corrected chi connectivity index (χ0v) is 8.21. The van der Waals surface area contributed by atoms with Crippen molar-refractivity contribution in [2.24, 2.45) is 0 Å². The Kier molecular flexibility index (Phi) is 2.37. The van der Waals surface area contributed by atoms with E-state index in [2.05, 4.69) is 19.9 Å². The van der Waals surface area contributed by atoms with Crippen molar-refractivity contribution in [3.63, 3.8) is 0 Å². The van der Waals surface area contributed by atoms with E-state index in [9.17, 15) is 13.2 Å². The first-order chi connectivity index (χ1) is 7.48. The SMILES string of the molecule is Cc1[nH]c(C(F)(F)F)nc1-c1cncnc1. The standard InChI is InChI=1S/C9H7F3N4/c1-5-7(6-2-13-4-14-3-6)16-8(15-5)9(10,11)12/h2-4H,1H3,(H,15,16). The zero-order chi connectivity index (χ0) is 11.8. The van der Waals surface area contributed by atoms with Gasteiger partial charge in [-0.3, -0.25) is 0 Å². The molecule has 0 saturated carbocycles. The molecular formula is C9H7F3N4. The van der Waals surface area contributed by atoms with Gasteiger partial charge in [-0.05, 0) is 6.92 Å². The van der Waals surface area contributed by atoms with Crippen LogP contribution in [0, 0.1) is 6.92 Å². The summed E-state index contributed by atoms with van der Waals surface area (Å²) >= 11 is 0. The highest BCUT2D eigenvalue weighted by atomic mass is 19.4. The lowest BCUT2D eigenvalue weighted by Crippen LogP contribution is -2.07. The van der Waals surface area contributed by atoms with Gasteiger partial charge in [0.15, 0.2) is 0 Å². The molecule has 2 aromatic rings. The Labute approximate surface area is 88.6 Å². The summed E-state index contributed by atoms with van der Waals surface area (Å²) in [6.07, 6.45) is -0.346. The predicted octanol–water partition coefficient (Wildman–Crippen LogP) is 2.19. The Hall–Kier alpha value is -1.92. The average Bonchev–Trinajstić information content (AvgIpc) is 2.61. The first-order valence-electron chi connectivity index (χ1n) is 4.37. The van der Waals surface area contributed by atoms with Gasteiger partial charge in [0.2, 0.25) is 5.82 Å². The van der Waals surface area contributed by atoms with Gasteiger partial charge in [0.25, 0.3) is 0 Å². The van der Waals surface area contributed by atoms with E-state index in [0.29, 0.717) is 11.3 Å². The largest absolute Gasteiger partial charge is 0.449 e. The fourth-order valence-corrected chi connectivity index (χ4v) is 1.30. The summed E-state index contributed by atoms with van der Waals surface area (Å²) in [6, 6.07) is 0. The minimum absolute atomic E-state index is 0.216. The second kappa shape index (κ2) is 3.58. The van der Waals surface area contributed by atoms with Gasteiger partial charge in [-0.2, -0.15) is 13.2 Å². The molecule has 0 atom stereocenters. The third-order valence-electron chi connectivity index (χ3n) is 1.99. The molecule has 0 fully saturated rings. The maximum absolute atomic E-state index is 12.4. The van der Waals surface area contributed by atoms with Gasteiger partial charge >= 0.3 is 6.18 Å². The molecule has 0 aromatic carbocycles. The number of hydrogen-bond acceptors (Lipinski definition) is 3. The van der Waals surface area contributed by atoms with Crippen molar-refractivity contribution in [3.05, 3.63) is 30.2 Å². The van der Waals surface area contributed by atoms with Crippen LogP contribution in [0.2, 0.25) is 0 Å². The summed E-state index contributed by atoms with van der Waals surface area (Å²) in [7, 11) is 0. The van der Waals surface area contributed by atoms with Crippen molar-refractivity contribution in [2.45, 2.75) is 13.1 Å². The molecular weight excluding hydrogens is 221 g/mol. The molecule has 4 nitrogen and oxygen atoms in total. The van der Waals surface area contributed by atoms with Crippen molar-refractivity contribution in [1.29, 1.82) is 0 Å². The fraction of sp³-hybridized carbons (Fsp3) is 0.222. The minimum Gasteiger partial charge on any atom is -0.338 e. The van der Waals surface area contributed by atoms with Crippen molar-refractivity contribution < 1.29 is 13.2 Å². The molecule has 2 aromatic heterocycles. The Morgan fingerprint density at radius 1 is 1.19 bits per heavy atom. The Morgan fingerprint density at radius 3 is 2.31 bits per heavy atom. The molecule has 7 heteroatoms. The molecule has 0 aliphatic carbocycles. The van der Waals surface area contributed by atoms with Crippen molar-refractivity contribution in [3.8, 4) is 11.3 Å². The summed E-state index contributed by atoms with van der Waals surface area (Å²) in [5.41, 5.74) is 1.00. The maximum Gasteiger partial charge on any atom is 0.449 e. The monoisotopic (exact) mass is 228 g/mol. The molecule has 0 aliphatic rings. The summed E-state index contributed by atoms with van der Waals surface area (Å²) in [4.78, 5) is 13.1. The quantitative estimate of drug-likeness (QED) is 0.813. The second-order valence-electron chi connectivity index (χ2n) is 3.18. The first kappa shape index (κ1) is 10.6. The summed E-state index contributed by atoms with van der Waals surface area (Å²) in [5, 5.41) is 0. The predicted molar refractivity (Wildman–Crippen MR) is 49.4 cm³/mol. The maximum atomic E-state index is 12.4. The number of aryl methyl sites for hydroxylation is 1. The van der Waals surface area contributed by atoms with Crippen LogP contribution < -0.4 is 0 Å². The molecule has 2 heterocycles. The fourth-order valence-electron chi connectivity index (χ4n) is 1.30. The molecule has 0 amide bonds. The molecule has 16 heavy (non-hydrogen) atoms. The molecule has 1 N–H and O–H groups in total. The number of aromatic amines is 1. The van der Waals surface area contributed by atoms with Crippen LogP contribution in [0.4, 0.5) is 13.2 Å². The number of alkyl halides is 3.